The summed E-state index contributed by atoms with van der Waals surface area (Å²) in [7, 11) is 3.24. The van der Waals surface area contributed by atoms with Crippen LogP contribution in [0.3, 0.4) is 0 Å². The molecule has 54 heavy (non-hydrogen) atoms. The Kier molecular flexibility index (Phi) is 10.6. The minimum atomic E-state index is -4.58. The van der Waals surface area contributed by atoms with Crippen molar-refractivity contribution >= 4 is 45.6 Å². The Morgan fingerprint density at radius 3 is 2.28 bits per heavy atom. The fraction of sp³-hybridized carbons (Fsp3) is 0.425. The zero-order valence-electron chi connectivity index (χ0n) is 30.1. The number of carbonyl (C=O) groups excluding carboxylic acids is 2. The molecule has 0 aliphatic carbocycles. The van der Waals surface area contributed by atoms with Crippen LogP contribution in [0.4, 0.5) is 28.9 Å². The number of nitrogens with zero attached hydrogens (tertiary/aromatic N) is 3. The van der Waals surface area contributed by atoms with Crippen LogP contribution in [0.1, 0.15) is 49.7 Å². The molecule has 2 amide bonds. The Morgan fingerprint density at radius 1 is 0.907 bits per heavy atom. The molecule has 3 aliphatic heterocycles. The monoisotopic (exact) mass is 767 g/mol. The smallest absolute Gasteiger partial charge is 0.418 e. The molecule has 3 fully saturated rings. The summed E-state index contributed by atoms with van der Waals surface area (Å²) < 4.78 is 64.4. The SMILES string of the molecule is COc1cc(-c2cn(C)c(=O)c3ccc(F)cc23)cc(Cl)c1CN1CCC(C2CCN(c3ccc(NC4CCC(=O)NC4=O)cc3C(F)(F)F)CC2)CC1. The number of fused-ring (bicyclic) bond motifs is 1. The first-order valence-corrected chi connectivity index (χ1v) is 18.6. The number of likely N-dealkylation sites (tertiary alicyclic amines) is 1. The van der Waals surface area contributed by atoms with E-state index >= 15 is 0 Å². The highest BCUT2D eigenvalue weighted by atomic mass is 35.5. The summed E-state index contributed by atoms with van der Waals surface area (Å²) in [5, 5.41) is 6.51. The Morgan fingerprint density at radius 2 is 1.61 bits per heavy atom. The van der Waals surface area contributed by atoms with Crippen LogP contribution in [0.15, 0.2) is 59.5 Å². The third kappa shape index (κ3) is 7.79. The molecule has 4 aromatic rings. The van der Waals surface area contributed by atoms with E-state index in [4.69, 9.17) is 16.3 Å². The Labute approximate surface area is 315 Å². The van der Waals surface area contributed by atoms with Crippen molar-refractivity contribution in [1.82, 2.24) is 14.8 Å². The number of rotatable bonds is 8. The molecule has 14 heteroatoms. The molecule has 3 aliphatic rings. The van der Waals surface area contributed by atoms with E-state index in [0.29, 0.717) is 64.1 Å². The predicted octanol–water partition coefficient (Wildman–Crippen LogP) is 7.37. The summed E-state index contributed by atoms with van der Waals surface area (Å²) >= 11 is 6.90. The zero-order chi connectivity index (χ0) is 38.3. The number of imide groups is 1. The Hall–Kier alpha value is -4.62. The highest BCUT2D eigenvalue weighted by Gasteiger charge is 2.38. The van der Waals surface area contributed by atoms with E-state index < -0.39 is 29.5 Å². The van der Waals surface area contributed by atoms with E-state index in [9.17, 15) is 31.9 Å². The lowest BCUT2D eigenvalue weighted by Crippen LogP contribution is -2.47. The number of hydrogen-bond donors (Lipinski definition) is 2. The molecule has 2 N–H and O–H groups in total. The predicted molar refractivity (Wildman–Crippen MR) is 200 cm³/mol. The molecule has 3 saturated heterocycles. The van der Waals surface area contributed by atoms with Crippen LogP contribution in [0.5, 0.6) is 5.75 Å². The van der Waals surface area contributed by atoms with Gasteiger partial charge in [0.2, 0.25) is 11.8 Å². The largest absolute Gasteiger partial charge is 0.496 e. The van der Waals surface area contributed by atoms with Crippen LogP contribution < -0.4 is 25.8 Å². The number of aryl methyl sites for hydroxylation is 1. The quantitative estimate of drug-likeness (QED) is 0.143. The first-order valence-electron chi connectivity index (χ1n) is 18.2. The van der Waals surface area contributed by atoms with Crippen LogP contribution >= 0.6 is 11.6 Å². The van der Waals surface area contributed by atoms with E-state index in [-0.39, 0.29) is 35.7 Å². The molecular weight excluding hydrogens is 726 g/mol. The molecular formula is C40H42ClF4N5O4. The van der Waals surface area contributed by atoms with Gasteiger partial charge >= 0.3 is 6.18 Å². The van der Waals surface area contributed by atoms with Crippen molar-refractivity contribution in [1.29, 1.82) is 0 Å². The van der Waals surface area contributed by atoms with Gasteiger partial charge in [-0.15, -0.1) is 0 Å². The van der Waals surface area contributed by atoms with E-state index in [1.54, 1.807) is 26.4 Å². The molecule has 1 unspecified atom stereocenters. The van der Waals surface area contributed by atoms with E-state index in [0.717, 1.165) is 50.4 Å². The van der Waals surface area contributed by atoms with Gasteiger partial charge in [-0.1, -0.05) is 11.6 Å². The van der Waals surface area contributed by atoms with Gasteiger partial charge < -0.3 is 19.5 Å². The third-order valence-corrected chi connectivity index (χ3v) is 11.6. The van der Waals surface area contributed by atoms with Crippen LogP contribution in [0, 0.1) is 17.7 Å². The van der Waals surface area contributed by atoms with Crippen molar-refractivity contribution < 1.29 is 31.9 Å². The number of halogens is 5. The fourth-order valence-electron chi connectivity index (χ4n) is 8.35. The average molecular weight is 768 g/mol. The second-order valence-electron chi connectivity index (χ2n) is 14.6. The number of pyridine rings is 1. The number of benzene rings is 3. The van der Waals surface area contributed by atoms with Gasteiger partial charge in [-0.2, -0.15) is 13.2 Å². The first kappa shape index (κ1) is 37.7. The number of alkyl halides is 3. The molecule has 1 aromatic heterocycles. The summed E-state index contributed by atoms with van der Waals surface area (Å²) in [5.74, 6) is 0.102. The lowest BCUT2D eigenvalue weighted by atomic mass is 9.78. The second kappa shape index (κ2) is 15.3. The number of piperidine rings is 3. The molecule has 0 radical (unpaired) electrons. The van der Waals surface area contributed by atoms with Gasteiger partial charge in [-0.05, 0) is 117 Å². The van der Waals surface area contributed by atoms with Gasteiger partial charge in [0.05, 0.1) is 12.7 Å². The zero-order valence-corrected chi connectivity index (χ0v) is 30.8. The lowest BCUT2D eigenvalue weighted by Gasteiger charge is -2.41. The standard InChI is InChI=1S/C40H42ClF4N5O4/c1-48-21-30(29-19-26(42)3-5-28(29)39(48)53)25-17-33(41)31(36(18-25)54-2)22-49-13-9-23(10-14-49)24-11-15-50(16-12-24)35-7-4-27(20-32(35)40(43,44)45)46-34-6-8-37(51)47-38(34)52/h3-5,7,17-21,23-24,34,46H,6,8-16,22H2,1-2H3,(H,47,51,52). The molecule has 3 aromatic carbocycles. The molecule has 286 valence electrons. The number of anilines is 2. The molecule has 0 bridgehead atoms. The van der Waals surface area contributed by atoms with Crippen LogP contribution in [0.25, 0.3) is 21.9 Å². The fourth-order valence-corrected chi connectivity index (χ4v) is 8.62. The third-order valence-electron chi connectivity index (χ3n) is 11.3. The summed E-state index contributed by atoms with van der Waals surface area (Å²) in [6, 6.07) is 11.2. The minimum Gasteiger partial charge on any atom is -0.496 e. The van der Waals surface area contributed by atoms with Gasteiger partial charge in [0.1, 0.15) is 17.6 Å². The van der Waals surface area contributed by atoms with Crippen molar-refractivity contribution in [2.75, 3.05) is 43.5 Å². The number of amides is 2. The lowest BCUT2D eigenvalue weighted by molar-refractivity contribution is -0.137. The van der Waals surface area contributed by atoms with Gasteiger partial charge in [-0.3, -0.25) is 24.6 Å². The molecule has 4 heterocycles. The number of carbonyl (C=O) groups is 2. The maximum absolute atomic E-state index is 14.3. The van der Waals surface area contributed by atoms with Crippen molar-refractivity contribution in [2.24, 2.45) is 18.9 Å². The number of ether oxygens (including phenoxy) is 1. The van der Waals surface area contributed by atoms with Crippen molar-refractivity contribution in [3.05, 3.63) is 87.0 Å². The second-order valence-corrected chi connectivity index (χ2v) is 15.0. The first-order chi connectivity index (χ1) is 25.8. The molecule has 0 spiro atoms. The van der Waals surface area contributed by atoms with Crippen LogP contribution in [0.2, 0.25) is 5.02 Å². The molecule has 0 saturated carbocycles. The van der Waals surface area contributed by atoms with Gasteiger partial charge in [0.25, 0.3) is 5.56 Å². The number of aromatic nitrogens is 1. The van der Waals surface area contributed by atoms with Crippen molar-refractivity contribution in [3.63, 3.8) is 0 Å². The summed E-state index contributed by atoms with van der Waals surface area (Å²) in [4.78, 5) is 40.5. The van der Waals surface area contributed by atoms with Crippen LogP contribution in [-0.2, 0) is 29.4 Å². The average Bonchev–Trinajstić information content (AvgIpc) is 3.15. The Bertz CT molecular complexity index is 2140. The molecule has 1 atom stereocenters. The van der Waals surface area contributed by atoms with Gasteiger partial charge in [-0.25, -0.2) is 4.39 Å². The van der Waals surface area contributed by atoms with Crippen molar-refractivity contribution in [2.45, 2.75) is 57.3 Å². The maximum Gasteiger partial charge on any atom is 0.418 e. The number of methoxy groups -OCH3 is 1. The van der Waals surface area contributed by atoms with E-state index in [1.807, 2.05) is 17.0 Å². The molecule has 7 rings (SSSR count). The highest BCUT2D eigenvalue weighted by molar-refractivity contribution is 6.32. The molecule has 9 nitrogen and oxygen atoms in total. The van der Waals surface area contributed by atoms with E-state index in [1.165, 1.54) is 28.8 Å². The topological polar surface area (TPSA) is 95.9 Å². The van der Waals surface area contributed by atoms with Gasteiger partial charge in [0, 0.05) is 72.2 Å². The van der Waals surface area contributed by atoms with E-state index in [2.05, 4.69) is 15.5 Å². The van der Waals surface area contributed by atoms with Crippen LogP contribution in [-0.4, -0.2) is 60.6 Å². The normalized spacial score (nSPS) is 19.3. The summed E-state index contributed by atoms with van der Waals surface area (Å²) in [6.45, 7) is 3.30. The number of nitrogens with one attached hydrogen (secondary N) is 2. The van der Waals surface area contributed by atoms with Gasteiger partial charge in [0.15, 0.2) is 0 Å². The summed E-state index contributed by atoms with van der Waals surface area (Å²) in [5.41, 5.74) is 1.57. The minimum absolute atomic E-state index is 0.127. The van der Waals surface area contributed by atoms with Crippen molar-refractivity contribution in [3.8, 4) is 16.9 Å². The number of hydrogen-bond acceptors (Lipinski definition) is 7. The summed E-state index contributed by atoms with van der Waals surface area (Å²) in [6.07, 6.45) is 0.964. The highest BCUT2D eigenvalue weighted by Crippen LogP contribution is 2.42. The maximum atomic E-state index is 14.3. The Balaban J connectivity index is 0.976.